The van der Waals surface area contributed by atoms with Crippen LogP contribution < -0.4 is 5.32 Å². The molecule has 1 fully saturated rings. The van der Waals surface area contributed by atoms with Gasteiger partial charge in [0, 0.05) is 24.5 Å². The van der Waals surface area contributed by atoms with Crippen molar-refractivity contribution in [1.82, 2.24) is 10.2 Å². The topological polar surface area (TPSA) is 52.6 Å². The molecule has 1 atom stereocenters. The molecule has 21 heavy (non-hydrogen) atoms. The minimum atomic E-state index is -0.210. The summed E-state index contributed by atoms with van der Waals surface area (Å²) in [6.07, 6.45) is 2.40. The molecule has 0 aliphatic carbocycles. The molecular weight excluding hydrogens is 264 g/mol. The van der Waals surface area contributed by atoms with Crippen molar-refractivity contribution in [3.05, 3.63) is 12.2 Å². The van der Waals surface area contributed by atoms with E-state index in [1.54, 1.807) is 0 Å². The second-order valence-corrected chi connectivity index (χ2v) is 7.10. The Morgan fingerprint density at radius 3 is 2.33 bits per heavy atom. The highest BCUT2D eigenvalue weighted by molar-refractivity contribution is 5.78. The van der Waals surface area contributed by atoms with E-state index >= 15 is 0 Å². The van der Waals surface area contributed by atoms with Gasteiger partial charge in [-0.2, -0.15) is 0 Å². The van der Waals surface area contributed by atoms with Crippen molar-refractivity contribution in [3.63, 3.8) is 0 Å². The summed E-state index contributed by atoms with van der Waals surface area (Å²) in [6, 6.07) is 0. The molecule has 4 heteroatoms. The van der Waals surface area contributed by atoms with Gasteiger partial charge in [-0.1, -0.05) is 26.3 Å². The van der Waals surface area contributed by atoms with E-state index in [4.69, 9.17) is 0 Å². The van der Waals surface area contributed by atoms with E-state index in [-0.39, 0.29) is 24.0 Å². The van der Waals surface area contributed by atoms with Crippen LogP contribution in [-0.4, -0.2) is 47.7 Å². The van der Waals surface area contributed by atoms with Crippen LogP contribution in [0.1, 0.15) is 47.0 Å². The Morgan fingerprint density at radius 2 is 1.90 bits per heavy atom. The Morgan fingerprint density at radius 1 is 1.33 bits per heavy atom. The van der Waals surface area contributed by atoms with Crippen LogP contribution in [0.4, 0.5) is 0 Å². The van der Waals surface area contributed by atoms with Crippen LogP contribution in [0.15, 0.2) is 12.2 Å². The van der Waals surface area contributed by atoms with Crippen molar-refractivity contribution < 1.29 is 9.90 Å². The van der Waals surface area contributed by atoms with Crippen LogP contribution in [0.2, 0.25) is 0 Å². The van der Waals surface area contributed by atoms with Gasteiger partial charge in [-0.05, 0) is 38.6 Å². The fourth-order valence-corrected chi connectivity index (χ4v) is 2.89. The van der Waals surface area contributed by atoms with Crippen molar-refractivity contribution in [2.24, 2.45) is 11.8 Å². The highest BCUT2D eigenvalue weighted by atomic mass is 16.3. The highest BCUT2D eigenvalue weighted by Gasteiger charge is 2.35. The molecule has 0 saturated carbocycles. The zero-order chi connectivity index (χ0) is 16.0. The number of likely N-dealkylation sites (tertiary alicyclic amines) is 1. The predicted octanol–water partition coefficient (Wildman–Crippen LogP) is 2.19. The molecule has 0 aromatic heterocycles. The maximum atomic E-state index is 12.4. The SMILES string of the molecule is C=C(C)CC(C)C(=O)N1CCC(CO)(NCC(C)C)CC1. The number of nitrogens with one attached hydrogen (secondary N) is 1. The Balaban J connectivity index is 2.53. The molecule has 0 bridgehead atoms. The fraction of sp³-hybridized carbons (Fsp3) is 0.824. The number of aliphatic hydroxyl groups excluding tert-OH is 1. The number of hydrogen-bond acceptors (Lipinski definition) is 3. The average Bonchev–Trinajstić information content (AvgIpc) is 2.44. The van der Waals surface area contributed by atoms with E-state index in [1.807, 2.05) is 18.7 Å². The number of amides is 1. The molecule has 1 aliphatic heterocycles. The number of carbonyl (C=O) groups is 1. The van der Waals surface area contributed by atoms with Crippen LogP contribution >= 0.6 is 0 Å². The quantitative estimate of drug-likeness (QED) is 0.708. The van der Waals surface area contributed by atoms with Gasteiger partial charge < -0.3 is 15.3 Å². The lowest BCUT2D eigenvalue weighted by molar-refractivity contribution is -0.137. The largest absolute Gasteiger partial charge is 0.394 e. The Kier molecular flexibility index (Phi) is 6.88. The Hall–Kier alpha value is -0.870. The predicted molar refractivity (Wildman–Crippen MR) is 87.1 cm³/mol. The number of rotatable bonds is 7. The molecule has 4 nitrogen and oxygen atoms in total. The zero-order valence-corrected chi connectivity index (χ0v) is 14.1. The van der Waals surface area contributed by atoms with Gasteiger partial charge >= 0.3 is 0 Å². The molecule has 0 aromatic carbocycles. The van der Waals surface area contributed by atoms with Gasteiger partial charge in [0.05, 0.1) is 6.61 Å². The minimum Gasteiger partial charge on any atom is -0.394 e. The molecule has 1 amide bonds. The summed E-state index contributed by atoms with van der Waals surface area (Å²) in [5, 5.41) is 13.2. The first-order chi connectivity index (χ1) is 9.79. The van der Waals surface area contributed by atoms with Crippen molar-refractivity contribution >= 4 is 5.91 Å². The summed E-state index contributed by atoms with van der Waals surface area (Å²) in [5.74, 6) is 0.782. The standard InChI is InChI=1S/C17H32N2O2/c1-13(2)10-15(5)16(21)19-8-6-17(12-20,7-9-19)18-11-14(3)4/h14-15,18,20H,1,6-12H2,2-5H3. The molecule has 1 unspecified atom stereocenters. The minimum absolute atomic E-state index is 0.00718. The lowest BCUT2D eigenvalue weighted by Crippen LogP contribution is -2.57. The van der Waals surface area contributed by atoms with Crippen molar-refractivity contribution in [1.29, 1.82) is 0 Å². The van der Waals surface area contributed by atoms with Gasteiger partial charge in [0.25, 0.3) is 0 Å². The van der Waals surface area contributed by atoms with E-state index in [2.05, 4.69) is 25.7 Å². The van der Waals surface area contributed by atoms with Gasteiger partial charge in [-0.15, -0.1) is 6.58 Å². The molecule has 0 aromatic rings. The monoisotopic (exact) mass is 296 g/mol. The average molecular weight is 296 g/mol. The van der Waals surface area contributed by atoms with Crippen molar-refractivity contribution in [3.8, 4) is 0 Å². The second kappa shape index (κ2) is 7.95. The second-order valence-electron chi connectivity index (χ2n) is 7.10. The molecular formula is C17H32N2O2. The molecule has 0 radical (unpaired) electrons. The summed E-state index contributed by atoms with van der Waals surface area (Å²) < 4.78 is 0. The van der Waals surface area contributed by atoms with Gasteiger partial charge in [-0.3, -0.25) is 4.79 Å². The number of allylic oxidation sites excluding steroid dienone is 1. The number of aliphatic hydroxyl groups is 1. The number of carbonyl (C=O) groups excluding carboxylic acids is 1. The van der Waals surface area contributed by atoms with Gasteiger partial charge in [0.1, 0.15) is 0 Å². The van der Waals surface area contributed by atoms with Gasteiger partial charge in [0.2, 0.25) is 5.91 Å². The zero-order valence-electron chi connectivity index (χ0n) is 14.1. The van der Waals surface area contributed by atoms with E-state index in [9.17, 15) is 9.90 Å². The lowest BCUT2D eigenvalue weighted by Gasteiger charge is -2.42. The summed E-state index contributed by atoms with van der Waals surface area (Å²) >= 11 is 0. The first kappa shape index (κ1) is 18.2. The normalized spacial score (nSPS) is 19.6. The maximum Gasteiger partial charge on any atom is 0.225 e. The van der Waals surface area contributed by atoms with Crippen molar-refractivity contribution in [2.45, 2.75) is 52.5 Å². The summed E-state index contributed by atoms with van der Waals surface area (Å²) in [6.45, 7) is 14.7. The van der Waals surface area contributed by atoms with Crippen LogP contribution in [0.3, 0.4) is 0 Å². The van der Waals surface area contributed by atoms with Crippen LogP contribution in [-0.2, 0) is 4.79 Å². The molecule has 1 aliphatic rings. The van der Waals surface area contributed by atoms with Crippen LogP contribution in [0.25, 0.3) is 0 Å². The Bertz CT molecular complexity index is 358. The number of hydrogen-bond donors (Lipinski definition) is 2. The van der Waals surface area contributed by atoms with E-state index in [0.717, 1.165) is 44.5 Å². The Labute approximate surface area is 129 Å². The number of piperidine rings is 1. The van der Waals surface area contributed by atoms with Crippen LogP contribution in [0, 0.1) is 11.8 Å². The highest BCUT2D eigenvalue weighted by Crippen LogP contribution is 2.24. The smallest absolute Gasteiger partial charge is 0.225 e. The molecule has 1 rings (SSSR count). The van der Waals surface area contributed by atoms with E-state index in [0.29, 0.717) is 5.92 Å². The lowest BCUT2D eigenvalue weighted by atomic mass is 9.87. The third kappa shape index (κ3) is 5.44. The fourth-order valence-electron chi connectivity index (χ4n) is 2.89. The maximum absolute atomic E-state index is 12.4. The van der Waals surface area contributed by atoms with Gasteiger partial charge in [0.15, 0.2) is 0 Å². The number of nitrogens with zero attached hydrogens (tertiary/aromatic N) is 1. The summed E-state index contributed by atoms with van der Waals surface area (Å²) in [7, 11) is 0. The molecule has 2 N–H and O–H groups in total. The van der Waals surface area contributed by atoms with Gasteiger partial charge in [-0.25, -0.2) is 0 Å². The van der Waals surface area contributed by atoms with Crippen LogP contribution in [0.5, 0.6) is 0 Å². The van der Waals surface area contributed by atoms with E-state index < -0.39 is 0 Å². The van der Waals surface area contributed by atoms with E-state index in [1.165, 1.54) is 0 Å². The first-order valence-corrected chi connectivity index (χ1v) is 8.08. The molecule has 1 saturated heterocycles. The molecule has 0 spiro atoms. The third-order valence-electron chi connectivity index (χ3n) is 4.30. The first-order valence-electron chi connectivity index (χ1n) is 8.08. The summed E-state index contributed by atoms with van der Waals surface area (Å²) in [5.41, 5.74) is 0.842. The molecule has 1 heterocycles. The molecule has 122 valence electrons. The third-order valence-corrected chi connectivity index (χ3v) is 4.30. The van der Waals surface area contributed by atoms with Crippen molar-refractivity contribution in [2.75, 3.05) is 26.2 Å². The summed E-state index contributed by atoms with van der Waals surface area (Å²) in [4.78, 5) is 14.3.